The molecule has 0 saturated carbocycles. The van der Waals surface area contributed by atoms with Gasteiger partial charge in [-0.25, -0.2) is 0 Å². The summed E-state index contributed by atoms with van der Waals surface area (Å²) in [6, 6.07) is 5.31. The van der Waals surface area contributed by atoms with Crippen LogP contribution in [0.3, 0.4) is 0 Å². The van der Waals surface area contributed by atoms with E-state index in [2.05, 4.69) is 27.3 Å². The quantitative estimate of drug-likeness (QED) is 0.917. The van der Waals surface area contributed by atoms with Crippen molar-refractivity contribution in [3.05, 3.63) is 22.6 Å². The van der Waals surface area contributed by atoms with Crippen LogP contribution in [-0.2, 0) is 0 Å². The van der Waals surface area contributed by atoms with Gasteiger partial charge >= 0.3 is 0 Å². The zero-order valence-corrected chi connectivity index (χ0v) is 10.1. The van der Waals surface area contributed by atoms with Gasteiger partial charge in [-0.3, -0.25) is 4.79 Å². The number of hydrogen-bond acceptors (Lipinski definition) is 3. The number of hydrogen-bond donors (Lipinski definition) is 1. The van der Waals surface area contributed by atoms with Crippen LogP contribution in [0.1, 0.15) is 24.4 Å². The molecular weight excluding hydrogens is 260 g/mol. The predicted molar refractivity (Wildman–Crippen MR) is 58.1 cm³/mol. The number of nitrogens with zero attached hydrogens (tertiary/aromatic N) is 1. The Bertz CT molecular complexity index is 404. The Morgan fingerprint density at radius 2 is 2.33 bits per heavy atom. The smallest absolute Gasteiger partial charge is 0.287 e. The second-order valence-electron chi connectivity index (χ2n) is 3.78. The van der Waals surface area contributed by atoms with Crippen molar-refractivity contribution in [3.63, 3.8) is 0 Å². The summed E-state index contributed by atoms with van der Waals surface area (Å²) in [5, 5.41) is 11.4. The van der Waals surface area contributed by atoms with Gasteiger partial charge in [-0.05, 0) is 41.9 Å². The molecule has 0 aliphatic carbocycles. The van der Waals surface area contributed by atoms with Gasteiger partial charge in [0.2, 0.25) is 0 Å². The Hall–Kier alpha value is -1.28. The van der Waals surface area contributed by atoms with Crippen LogP contribution in [0.15, 0.2) is 21.2 Å². The van der Waals surface area contributed by atoms with E-state index in [0.29, 0.717) is 11.2 Å². The van der Waals surface area contributed by atoms with E-state index in [1.165, 1.54) is 0 Å². The van der Waals surface area contributed by atoms with Crippen LogP contribution < -0.4 is 5.32 Å². The molecule has 0 spiro atoms. The van der Waals surface area contributed by atoms with Crippen LogP contribution in [0.2, 0.25) is 0 Å². The topological polar surface area (TPSA) is 66.0 Å². The van der Waals surface area contributed by atoms with Crippen molar-refractivity contribution in [3.8, 4) is 6.07 Å². The molecule has 4 nitrogen and oxygen atoms in total. The molecule has 1 heterocycles. The third-order valence-electron chi connectivity index (χ3n) is 1.79. The molecule has 1 aromatic heterocycles. The monoisotopic (exact) mass is 270 g/mol. The lowest BCUT2D eigenvalue weighted by Crippen LogP contribution is -2.32. The number of carbonyl (C=O) groups is 1. The number of carbonyl (C=O) groups excluding carboxylic acids is 1. The van der Waals surface area contributed by atoms with E-state index in [4.69, 9.17) is 9.68 Å². The molecule has 0 saturated heterocycles. The highest BCUT2D eigenvalue weighted by Gasteiger charge is 2.19. The molecule has 0 atom stereocenters. The second kappa shape index (κ2) is 4.49. The van der Waals surface area contributed by atoms with Crippen molar-refractivity contribution in [2.45, 2.75) is 13.8 Å². The van der Waals surface area contributed by atoms with Gasteiger partial charge in [-0.1, -0.05) is 0 Å². The van der Waals surface area contributed by atoms with E-state index >= 15 is 0 Å². The maximum absolute atomic E-state index is 11.5. The van der Waals surface area contributed by atoms with Crippen LogP contribution in [0.4, 0.5) is 0 Å². The van der Waals surface area contributed by atoms with E-state index in [-0.39, 0.29) is 11.7 Å². The first-order valence-electron chi connectivity index (χ1n) is 4.39. The van der Waals surface area contributed by atoms with Crippen molar-refractivity contribution < 1.29 is 9.21 Å². The molecule has 0 aliphatic heterocycles. The molecule has 0 radical (unpaired) electrons. The molecule has 1 amide bonds. The number of furan rings is 1. The average Bonchev–Trinajstić information content (AvgIpc) is 2.61. The molecule has 0 unspecified atom stereocenters. The first-order chi connectivity index (χ1) is 6.94. The molecule has 0 aliphatic rings. The molecule has 0 aromatic carbocycles. The Labute approximate surface area is 96.4 Å². The van der Waals surface area contributed by atoms with E-state index in [1.54, 1.807) is 26.0 Å². The zero-order valence-electron chi connectivity index (χ0n) is 8.50. The number of amides is 1. The van der Waals surface area contributed by atoms with Gasteiger partial charge in [0, 0.05) is 6.54 Å². The lowest BCUT2D eigenvalue weighted by molar-refractivity contribution is 0.0914. The molecule has 5 heteroatoms. The fourth-order valence-corrected chi connectivity index (χ4v) is 1.17. The van der Waals surface area contributed by atoms with Gasteiger partial charge in [0.25, 0.3) is 5.91 Å². The van der Waals surface area contributed by atoms with Crippen molar-refractivity contribution in [2.75, 3.05) is 6.54 Å². The Morgan fingerprint density at radius 3 is 2.80 bits per heavy atom. The van der Waals surface area contributed by atoms with Gasteiger partial charge in [-0.2, -0.15) is 5.26 Å². The fourth-order valence-electron chi connectivity index (χ4n) is 0.864. The number of rotatable bonds is 3. The number of nitrogens with one attached hydrogen (secondary N) is 1. The van der Waals surface area contributed by atoms with Crippen LogP contribution in [-0.4, -0.2) is 12.5 Å². The minimum absolute atomic E-state index is 0.232. The van der Waals surface area contributed by atoms with E-state index < -0.39 is 5.41 Å². The molecule has 80 valence electrons. The molecule has 0 bridgehead atoms. The maximum atomic E-state index is 11.5. The SMILES string of the molecule is CC(C)(C#N)CNC(=O)c1ccc(Br)o1. The highest BCUT2D eigenvalue weighted by Crippen LogP contribution is 2.15. The largest absolute Gasteiger partial charge is 0.444 e. The van der Waals surface area contributed by atoms with E-state index in [1.807, 2.05) is 0 Å². The van der Waals surface area contributed by atoms with Crippen LogP contribution in [0.25, 0.3) is 0 Å². The summed E-state index contributed by atoms with van der Waals surface area (Å²) in [5.74, 6) is -0.0837. The van der Waals surface area contributed by atoms with Gasteiger partial charge in [-0.15, -0.1) is 0 Å². The first kappa shape index (κ1) is 11.8. The van der Waals surface area contributed by atoms with E-state index in [0.717, 1.165) is 0 Å². The maximum Gasteiger partial charge on any atom is 0.287 e. The predicted octanol–water partition coefficient (Wildman–Crippen LogP) is 2.32. The normalized spacial score (nSPS) is 10.8. The zero-order chi connectivity index (χ0) is 11.5. The summed E-state index contributed by atoms with van der Waals surface area (Å²) in [7, 11) is 0. The fraction of sp³-hybridized carbons (Fsp3) is 0.400. The summed E-state index contributed by atoms with van der Waals surface area (Å²) < 4.78 is 5.57. The van der Waals surface area contributed by atoms with Crippen molar-refractivity contribution in [1.82, 2.24) is 5.32 Å². The summed E-state index contributed by atoms with van der Waals surface area (Å²) in [5.41, 5.74) is -0.570. The van der Waals surface area contributed by atoms with Gasteiger partial charge in [0.15, 0.2) is 10.4 Å². The van der Waals surface area contributed by atoms with Gasteiger partial charge in [0.1, 0.15) is 0 Å². The Kier molecular flexibility index (Phi) is 3.53. The second-order valence-corrected chi connectivity index (χ2v) is 4.56. The van der Waals surface area contributed by atoms with Crippen molar-refractivity contribution >= 4 is 21.8 Å². The Balaban J connectivity index is 2.55. The average molecular weight is 271 g/mol. The molecule has 1 N–H and O–H groups in total. The third kappa shape index (κ3) is 3.40. The highest BCUT2D eigenvalue weighted by molar-refractivity contribution is 9.10. The molecular formula is C10H11BrN2O2. The molecule has 1 aromatic rings. The Morgan fingerprint density at radius 1 is 1.67 bits per heavy atom. The summed E-state index contributed by atoms with van der Waals surface area (Å²) >= 11 is 3.11. The summed E-state index contributed by atoms with van der Waals surface area (Å²) in [6.07, 6.45) is 0. The van der Waals surface area contributed by atoms with Gasteiger partial charge < -0.3 is 9.73 Å². The third-order valence-corrected chi connectivity index (χ3v) is 2.22. The first-order valence-corrected chi connectivity index (χ1v) is 5.19. The van der Waals surface area contributed by atoms with Crippen LogP contribution in [0.5, 0.6) is 0 Å². The minimum atomic E-state index is -0.570. The van der Waals surface area contributed by atoms with Crippen LogP contribution in [0, 0.1) is 16.7 Å². The lowest BCUT2D eigenvalue weighted by atomic mass is 9.96. The van der Waals surface area contributed by atoms with Crippen molar-refractivity contribution in [1.29, 1.82) is 5.26 Å². The van der Waals surface area contributed by atoms with Gasteiger partial charge in [0.05, 0.1) is 11.5 Å². The lowest BCUT2D eigenvalue weighted by Gasteiger charge is -2.14. The summed E-state index contributed by atoms with van der Waals surface area (Å²) in [6.45, 7) is 3.80. The van der Waals surface area contributed by atoms with Crippen LogP contribution >= 0.6 is 15.9 Å². The van der Waals surface area contributed by atoms with Crippen molar-refractivity contribution in [2.24, 2.45) is 5.41 Å². The molecule has 0 fully saturated rings. The van der Waals surface area contributed by atoms with E-state index in [9.17, 15) is 4.79 Å². The standard InChI is InChI=1S/C10H11BrN2O2/c1-10(2,5-12)6-13-9(14)7-3-4-8(11)15-7/h3-4H,6H2,1-2H3,(H,13,14). The highest BCUT2D eigenvalue weighted by atomic mass is 79.9. The summed E-state index contributed by atoms with van der Waals surface area (Å²) in [4.78, 5) is 11.5. The molecule has 1 rings (SSSR count). The number of nitriles is 1. The minimum Gasteiger partial charge on any atom is -0.444 e. The molecule has 15 heavy (non-hydrogen) atoms. The number of halogens is 1.